The lowest BCUT2D eigenvalue weighted by Gasteiger charge is -2.06. The number of hydrogen-bond donors (Lipinski definition) is 3. The molecule has 108 valence electrons. The van der Waals surface area contributed by atoms with Crippen molar-refractivity contribution >= 4 is 29.0 Å². The molecule has 0 atom stereocenters. The zero-order valence-corrected chi connectivity index (χ0v) is 11.9. The number of nitrogens with one attached hydrogen (secondary N) is 1. The van der Waals surface area contributed by atoms with Gasteiger partial charge in [0, 0.05) is 0 Å². The SMILES string of the molecule is C/C(=N/Nc1ccc(Cl)c(C(=O)O)c1)c1ccc(O)cc1. The van der Waals surface area contributed by atoms with Crippen LogP contribution in [0.25, 0.3) is 0 Å². The second-order valence-corrected chi connectivity index (χ2v) is 4.76. The maximum Gasteiger partial charge on any atom is 0.337 e. The summed E-state index contributed by atoms with van der Waals surface area (Å²) in [7, 11) is 0. The molecule has 2 aromatic carbocycles. The molecule has 0 spiro atoms. The summed E-state index contributed by atoms with van der Waals surface area (Å²) in [6.07, 6.45) is 0. The topological polar surface area (TPSA) is 81.9 Å². The Hall–Kier alpha value is -2.53. The summed E-state index contributed by atoms with van der Waals surface area (Å²) in [6, 6.07) is 11.2. The number of aromatic hydroxyl groups is 1. The van der Waals surface area contributed by atoms with E-state index >= 15 is 0 Å². The second kappa shape index (κ2) is 6.28. The second-order valence-electron chi connectivity index (χ2n) is 4.36. The number of carboxylic acid groups (broad SMARTS) is 1. The largest absolute Gasteiger partial charge is 0.508 e. The fourth-order valence-electron chi connectivity index (χ4n) is 1.67. The maximum absolute atomic E-state index is 11.0. The van der Waals surface area contributed by atoms with Crippen LogP contribution >= 0.6 is 11.6 Å². The first-order valence-corrected chi connectivity index (χ1v) is 6.47. The molecule has 0 bridgehead atoms. The van der Waals surface area contributed by atoms with Gasteiger partial charge in [-0.2, -0.15) is 5.10 Å². The maximum atomic E-state index is 11.0. The molecule has 0 aliphatic carbocycles. The van der Waals surface area contributed by atoms with Crippen molar-refractivity contribution in [1.29, 1.82) is 0 Å². The van der Waals surface area contributed by atoms with Gasteiger partial charge in [0.15, 0.2) is 0 Å². The van der Waals surface area contributed by atoms with Gasteiger partial charge in [-0.1, -0.05) is 11.6 Å². The molecular formula is C15H13ClN2O3. The predicted octanol–water partition coefficient (Wildman–Crippen LogP) is 3.58. The Kier molecular flexibility index (Phi) is 4.45. The van der Waals surface area contributed by atoms with Crippen molar-refractivity contribution in [2.75, 3.05) is 5.43 Å². The molecule has 0 aliphatic heterocycles. The van der Waals surface area contributed by atoms with Gasteiger partial charge in [-0.15, -0.1) is 0 Å². The molecule has 0 unspecified atom stereocenters. The number of hydrazone groups is 1. The number of hydrogen-bond acceptors (Lipinski definition) is 4. The summed E-state index contributed by atoms with van der Waals surface area (Å²) >= 11 is 5.80. The molecule has 2 aromatic rings. The van der Waals surface area contributed by atoms with E-state index in [0.717, 1.165) is 5.56 Å². The molecule has 2 rings (SSSR count). The molecule has 0 aliphatic rings. The Labute approximate surface area is 126 Å². The molecule has 0 fully saturated rings. The van der Waals surface area contributed by atoms with E-state index in [-0.39, 0.29) is 16.3 Å². The summed E-state index contributed by atoms with van der Waals surface area (Å²) in [5.74, 6) is -0.911. The van der Waals surface area contributed by atoms with Gasteiger partial charge in [0.05, 0.1) is 22.0 Å². The molecule has 21 heavy (non-hydrogen) atoms. The van der Waals surface area contributed by atoms with Crippen molar-refractivity contribution in [2.45, 2.75) is 6.92 Å². The number of benzene rings is 2. The Bertz CT molecular complexity index is 697. The van der Waals surface area contributed by atoms with Crippen molar-refractivity contribution in [3.63, 3.8) is 0 Å². The van der Waals surface area contributed by atoms with Crippen LogP contribution in [0.4, 0.5) is 5.69 Å². The third kappa shape index (κ3) is 3.73. The number of phenolic OH excluding ortho intramolecular Hbond substituents is 1. The standard InChI is InChI=1S/C15H13ClN2O3/c1-9(10-2-5-12(19)6-3-10)17-18-11-4-7-14(16)13(8-11)15(20)21/h2-8,18-19H,1H3,(H,20,21)/b17-9-. The number of phenols is 1. The number of anilines is 1. The van der Waals surface area contributed by atoms with Crippen LogP contribution in [0.3, 0.4) is 0 Å². The number of carboxylic acids is 1. The Balaban J connectivity index is 2.18. The van der Waals surface area contributed by atoms with E-state index in [9.17, 15) is 9.90 Å². The van der Waals surface area contributed by atoms with Crippen molar-refractivity contribution < 1.29 is 15.0 Å². The molecular weight excluding hydrogens is 292 g/mol. The third-order valence-corrected chi connectivity index (χ3v) is 3.16. The molecule has 5 nitrogen and oxygen atoms in total. The fraction of sp³-hybridized carbons (Fsp3) is 0.0667. The fourth-order valence-corrected chi connectivity index (χ4v) is 1.87. The van der Waals surface area contributed by atoms with Gasteiger partial charge in [0.1, 0.15) is 5.75 Å². The quantitative estimate of drug-likeness (QED) is 0.595. The summed E-state index contributed by atoms with van der Waals surface area (Å²) < 4.78 is 0. The number of aromatic carboxylic acids is 1. The van der Waals surface area contributed by atoms with E-state index in [0.29, 0.717) is 11.4 Å². The van der Waals surface area contributed by atoms with Crippen molar-refractivity contribution in [2.24, 2.45) is 5.10 Å². The van der Waals surface area contributed by atoms with E-state index in [2.05, 4.69) is 10.5 Å². The predicted molar refractivity (Wildman–Crippen MR) is 82.4 cm³/mol. The minimum absolute atomic E-state index is 0.0131. The monoisotopic (exact) mass is 304 g/mol. The van der Waals surface area contributed by atoms with Crippen LogP contribution in [-0.2, 0) is 0 Å². The summed E-state index contributed by atoms with van der Waals surface area (Å²) in [6.45, 7) is 1.80. The Morgan fingerprint density at radius 2 is 1.86 bits per heavy atom. The zero-order chi connectivity index (χ0) is 15.4. The first-order valence-electron chi connectivity index (χ1n) is 6.10. The van der Waals surface area contributed by atoms with E-state index in [1.165, 1.54) is 12.1 Å². The normalized spacial score (nSPS) is 11.2. The average Bonchev–Trinajstić information content (AvgIpc) is 2.46. The van der Waals surface area contributed by atoms with Crippen LogP contribution in [0.2, 0.25) is 5.02 Å². The molecule has 0 saturated carbocycles. The van der Waals surface area contributed by atoms with Crippen LogP contribution in [0.1, 0.15) is 22.8 Å². The number of carbonyl (C=O) groups is 1. The highest BCUT2D eigenvalue weighted by Gasteiger charge is 2.09. The minimum Gasteiger partial charge on any atom is -0.508 e. The highest BCUT2D eigenvalue weighted by Crippen LogP contribution is 2.20. The van der Waals surface area contributed by atoms with Crippen LogP contribution in [0.5, 0.6) is 5.75 Å². The lowest BCUT2D eigenvalue weighted by Crippen LogP contribution is -2.02. The lowest BCUT2D eigenvalue weighted by atomic mass is 10.1. The van der Waals surface area contributed by atoms with E-state index in [1.54, 1.807) is 37.3 Å². The molecule has 0 saturated heterocycles. The number of nitrogens with zero attached hydrogens (tertiary/aromatic N) is 1. The lowest BCUT2D eigenvalue weighted by molar-refractivity contribution is 0.0697. The van der Waals surface area contributed by atoms with Gasteiger partial charge in [-0.05, 0) is 55.0 Å². The molecule has 3 N–H and O–H groups in total. The molecule has 6 heteroatoms. The van der Waals surface area contributed by atoms with Crippen LogP contribution in [-0.4, -0.2) is 21.9 Å². The number of halogens is 1. The number of rotatable bonds is 4. The average molecular weight is 305 g/mol. The van der Waals surface area contributed by atoms with Crippen molar-refractivity contribution in [1.82, 2.24) is 0 Å². The van der Waals surface area contributed by atoms with Gasteiger partial charge in [-0.3, -0.25) is 5.43 Å². The van der Waals surface area contributed by atoms with E-state index in [1.807, 2.05) is 0 Å². The van der Waals surface area contributed by atoms with Gasteiger partial charge < -0.3 is 10.2 Å². The van der Waals surface area contributed by atoms with Crippen molar-refractivity contribution in [3.8, 4) is 5.75 Å². The van der Waals surface area contributed by atoms with Crippen molar-refractivity contribution in [3.05, 3.63) is 58.6 Å². The first kappa shape index (κ1) is 14.9. The third-order valence-electron chi connectivity index (χ3n) is 2.83. The van der Waals surface area contributed by atoms with Gasteiger partial charge in [0.2, 0.25) is 0 Å². The molecule has 0 amide bonds. The Morgan fingerprint density at radius 1 is 1.19 bits per heavy atom. The van der Waals surface area contributed by atoms with E-state index < -0.39 is 5.97 Å². The zero-order valence-electron chi connectivity index (χ0n) is 11.2. The summed E-state index contributed by atoms with van der Waals surface area (Å²) in [5, 5.41) is 22.6. The van der Waals surface area contributed by atoms with Gasteiger partial charge >= 0.3 is 5.97 Å². The summed E-state index contributed by atoms with van der Waals surface area (Å²) in [4.78, 5) is 11.0. The van der Waals surface area contributed by atoms with Gasteiger partial charge in [0.25, 0.3) is 0 Å². The smallest absolute Gasteiger partial charge is 0.337 e. The molecule has 0 radical (unpaired) electrons. The van der Waals surface area contributed by atoms with Crippen LogP contribution in [0, 0.1) is 0 Å². The van der Waals surface area contributed by atoms with Crippen LogP contribution < -0.4 is 5.43 Å². The summed E-state index contributed by atoms with van der Waals surface area (Å²) in [5.41, 5.74) is 4.86. The highest BCUT2D eigenvalue weighted by molar-refractivity contribution is 6.33. The van der Waals surface area contributed by atoms with Crippen LogP contribution in [0.15, 0.2) is 47.6 Å². The minimum atomic E-state index is -1.09. The molecule has 0 heterocycles. The highest BCUT2D eigenvalue weighted by atomic mass is 35.5. The van der Waals surface area contributed by atoms with E-state index in [4.69, 9.17) is 16.7 Å². The van der Waals surface area contributed by atoms with Gasteiger partial charge in [-0.25, -0.2) is 4.79 Å². The Morgan fingerprint density at radius 3 is 2.48 bits per heavy atom. The first-order chi connectivity index (χ1) is 9.97. The molecule has 0 aromatic heterocycles.